The Morgan fingerprint density at radius 3 is 3.00 bits per heavy atom. The smallest absolute Gasteiger partial charge is 0.225 e. The molecule has 1 aromatic heterocycles. The average molecular weight is 292 g/mol. The van der Waals surface area contributed by atoms with Crippen LogP contribution in [0.3, 0.4) is 0 Å². The summed E-state index contributed by atoms with van der Waals surface area (Å²) in [6.45, 7) is 4.43. The highest BCUT2D eigenvalue weighted by atomic mass is 79.9. The second-order valence-electron chi connectivity index (χ2n) is 4.55. The molecule has 0 unspecified atom stereocenters. The molecule has 88 valence electrons. The van der Waals surface area contributed by atoms with Crippen LogP contribution in [0.1, 0.15) is 13.3 Å². The number of benzene rings is 1. The largest absolute Gasteiger partial charge is 0.340 e. The van der Waals surface area contributed by atoms with Crippen LogP contribution in [-0.4, -0.2) is 23.1 Å². The number of anilines is 1. The first-order chi connectivity index (χ1) is 8.26. The van der Waals surface area contributed by atoms with E-state index in [0.29, 0.717) is 0 Å². The van der Waals surface area contributed by atoms with E-state index in [1.807, 2.05) is 24.4 Å². The van der Waals surface area contributed by atoms with E-state index in [1.165, 1.54) is 6.42 Å². The standard InChI is InChI=1S/C13H14BrN3/c1-2-9-7-17(8-9)13-15-6-10-5-11(14)3-4-12(10)16-13/h3-6,9H,2,7-8H2,1H3. The molecule has 2 heterocycles. The van der Waals surface area contributed by atoms with Crippen LogP contribution in [0.2, 0.25) is 0 Å². The lowest BCUT2D eigenvalue weighted by Crippen LogP contribution is -2.47. The fraction of sp³-hybridized carbons (Fsp3) is 0.385. The van der Waals surface area contributed by atoms with Gasteiger partial charge in [-0.3, -0.25) is 0 Å². The Balaban J connectivity index is 1.90. The van der Waals surface area contributed by atoms with Crippen molar-refractivity contribution in [3.63, 3.8) is 0 Å². The molecule has 3 rings (SSSR count). The van der Waals surface area contributed by atoms with Crippen molar-refractivity contribution >= 4 is 32.8 Å². The number of hydrogen-bond donors (Lipinski definition) is 0. The molecule has 1 fully saturated rings. The van der Waals surface area contributed by atoms with Crippen molar-refractivity contribution in [1.29, 1.82) is 0 Å². The Morgan fingerprint density at radius 2 is 2.24 bits per heavy atom. The maximum atomic E-state index is 4.60. The Labute approximate surface area is 109 Å². The molecule has 17 heavy (non-hydrogen) atoms. The highest BCUT2D eigenvalue weighted by molar-refractivity contribution is 9.10. The van der Waals surface area contributed by atoms with Gasteiger partial charge in [0.2, 0.25) is 5.95 Å². The summed E-state index contributed by atoms with van der Waals surface area (Å²) < 4.78 is 1.07. The molecule has 3 nitrogen and oxygen atoms in total. The Bertz CT molecular complexity index is 549. The number of hydrogen-bond acceptors (Lipinski definition) is 3. The lowest BCUT2D eigenvalue weighted by atomic mass is 9.98. The van der Waals surface area contributed by atoms with Crippen molar-refractivity contribution in [2.24, 2.45) is 5.92 Å². The normalized spacial score (nSPS) is 16.2. The summed E-state index contributed by atoms with van der Waals surface area (Å²) in [5.74, 6) is 1.68. The molecular weight excluding hydrogens is 278 g/mol. The van der Waals surface area contributed by atoms with Gasteiger partial charge >= 0.3 is 0 Å². The SMILES string of the molecule is CCC1CN(c2ncc3cc(Br)ccc3n2)C1. The number of nitrogens with zero attached hydrogens (tertiary/aromatic N) is 3. The fourth-order valence-electron chi connectivity index (χ4n) is 2.14. The van der Waals surface area contributed by atoms with E-state index in [0.717, 1.165) is 40.3 Å². The third-order valence-corrected chi connectivity index (χ3v) is 3.84. The first-order valence-corrected chi connectivity index (χ1v) is 6.73. The lowest BCUT2D eigenvalue weighted by molar-refractivity contribution is 0.393. The summed E-state index contributed by atoms with van der Waals surface area (Å²) in [7, 11) is 0. The first kappa shape index (κ1) is 11.0. The third-order valence-electron chi connectivity index (χ3n) is 3.35. The van der Waals surface area contributed by atoms with Gasteiger partial charge in [-0.2, -0.15) is 0 Å². The zero-order valence-corrected chi connectivity index (χ0v) is 11.3. The quantitative estimate of drug-likeness (QED) is 0.851. The van der Waals surface area contributed by atoms with Crippen LogP contribution < -0.4 is 4.90 Å². The summed E-state index contributed by atoms with van der Waals surface area (Å²) in [4.78, 5) is 11.3. The van der Waals surface area contributed by atoms with Gasteiger partial charge in [-0.15, -0.1) is 0 Å². The zero-order chi connectivity index (χ0) is 11.8. The minimum Gasteiger partial charge on any atom is -0.340 e. The van der Waals surface area contributed by atoms with Gasteiger partial charge in [-0.05, 0) is 30.5 Å². The number of fused-ring (bicyclic) bond motifs is 1. The molecule has 1 aliphatic rings. The molecule has 4 heteroatoms. The van der Waals surface area contributed by atoms with Crippen LogP contribution >= 0.6 is 15.9 Å². The van der Waals surface area contributed by atoms with Crippen molar-refractivity contribution in [1.82, 2.24) is 9.97 Å². The summed E-state index contributed by atoms with van der Waals surface area (Å²) in [6.07, 6.45) is 3.15. The number of aromatic nitrogens is 2. The van der Waals surface area contributed by atoms with E-state index in [1.54, 1.807) is 0 Å². The minimum absolute atomic E-state index is 0.819. The van der Waals surface area contributed by atoms with Gasteiger partial charge in [0.15, 0.2) is 0 Å². The predicted octanol–water partition coefficient (Wildman–Crippen LogP) is 3.24. The molecule has 2 aromatic rings. The molecule has 0 spiro atoms. The van der Waals surface area contributed by atoms with E-state index in [4.69, 9.17) is 0 Å². The molecular formula is C13H14BrN3. The molecule has 0 atom stereocenters. The summed E-state index contributed by atoms with van der Waals surface area (Å²) in [6, 6.07) is 6.09. The van der Waals surface area contributed by atoms with E-state index in [9.17, 15) is 0 Å². The van der Waals surface area contributed by atoms with Crippen LogP contribution in [0, 0.1) is 5.92 Å². The molecule has 1 aliphatic heterocycles. The molecule has 0 radical (unpaired) electrons. The van der Waals surface area contributed by atoms with Crippen LogP contribution in [0.15, 0.2) is 28.9 Å². The van der Waals surface area contributed by atoms with Crippen molar-refractivity contribution < 1.29 is 0 Å². The lowest BCUT2D eigenvalue weighted by Gasteiger charge is -2.38. The molecule has 0 saturated carbocycles. The fourth-order valence-corrected chi connectivity index (χ4v) is 2.52. The van der Waals surface area contributed by atoms with Gasteiger partial charge < -0.3 is 4.90 Å². The molecule has 0 aliphatic carbocycles. The highest BCUT2D eigenvalue weighted by Crippen LogP contribution is 2.25. The molecule has 0 amide bonds. The zero-order valence-electron chi connectivity index (χ0n) is 9.73. The monoisotopic (exact) mass is 291 g/mol. The summed E-state index contributed by atoms with van der Waals surface area (Å²) in [5, 5.41) is 1.08. The van der Waals surface area contributed by atoms with Gasteiger partial charge in [0.05, 0.1) is 5.52 Å². The van der Waals surface area contributed by atoms with Crippen molar-refractivity contribution in [2.45, 2.75) is 13.3 Å². The van der Waals surface area contributed by atoms with Gasteiger partial charge in [-0.1, -0.05) is 22.9 Å². The van der Waals surface area contributed by atoms with Crippen molar-refractivity contribution in [2.75, 3.05) is 18.0 Å². The number of rotatable bonds is 2. The second-order valence-corrected chi connectivity index (χ2v) is 5.47. The maximum absolute atomic E-state index is 4.60. The molecule has 0 bridgehead atoms. The second kappa shape index (κ2) is 4.26. The van der Waals surface area contributed by atoms with Gasteiger partial charge in [-0.25, -0.2) is 9.97 Å². The molecule has 1 aromatic carbocycles. The van der Waals surface area contributed by atoms with Crippen LogP contribution in [0.5, 0.6) is 0 Å². The van der Waals surface area contributed by atoms with Gasteiger partial charge in [0.1, 0.15) is 0 Å². The Hall–Kier alpha value is -1.16. The van der Waals surface area contributed by atoms with E-state index < -0.39 is 0 Å². The maximum Gasteiger partial charge on any atom is 0.225 e. The summed E-state index contributed by atoms with van der Waals surface area (Å²) >= 11 is 3.46. The van der Waals surface area contributed by atoms with Crippen LogP contribution in [0.4, 0.5) is 5.95 Å². The van der Waals surface area contributed by atoms with E-state index in [-0.39, 0.29) is 0 Å². The average Bonchev–Trinajstić information content (AvgIpc) is 2.28. The minimum atomic E-state index is 0.819. The van der Waals surface area contributed by atoms with Crippen LogP contribution in [0.25, 0.3) is 10.9 Å². The van der Waals surface area contributed by atoms with Crippen molar-refractivity contribution in [3.8, 4) is 0 Å². The van der Waals surface area contributed by atoms with E-state index in [2.05, 4.69) is 37.7 Å². The van der Waals surface area contributed by atoms with Crippen molar-refractivity contribution in [3.05, 3.63) is 28.9 Å². The summed E-state index contributed by atoms with van der Waals surface area (Å²) in [5.41, 5.74) is 1.01. The Kier molecular flexibility index (Phi) is 2.74. The topological polar surface area (TPSA) is 29.0 Å². The molecule has 1 saturated heterocycles. The highest BCUT2D eigenvalue weighted by Gasteiger charge is 2.26. The first-order valence-electron chi connectivity index (χ1n) is 5.93. The van der Waals surface area contributed by atoms with Gasteiger partial charge in [0, 0.05) is 29.1 Å². The van der Waals surface area contributed by atoms with Gasteiger partial charge in [0.25, 0.3) is 0 Å². The Morgan fingerprint density at radius 1 is 1.41 bits per heavy atom. The predicted molar refractivity (Wildman–Crippen MR) is 73.2 cm³/mol. The molecule has 0 N–H and O–H groups in total. The van der Waals surface area contributed by atoms with Crippen LogP contribution in [-0.2, 0) is 0 Å². The number of halogens is 1. The van der Waals surface area contributed by atoms with E-state index >= 15 is 0 Å². The third kappa shape index (κ3) is 2.02.